The summed E-state index contributed by atoms with van der Waals surface area (Å²) in [5.74, 6) is -2.99. The summed E-state index contributed by atoms with van der Waals surface area (Å²) in [5, 5.41) is 36.3. The van der Waals surface area contributed by atoms with Crippen LogP contribution in [0, 0.1) is 0 Å². The van der Waals surface area contributed by atoms with Crippen LogP contribution in [-0.2, 0) is 32.1 Å². The monoisotopic (exact) mass is 495 g/mol. The van der Waals surface area contributed by atoms with E-state index in [1.165, 1.54) is 18.2 Å². The first-order valence-electron chi connectivity index (χ1n) is 11.2. The lowest BCUT2D eigenvalue weighted by atomic mass is 9.78. The Hall–Kier alpha value is -3.71. The summed E-state index contributed by atoms with van der Waals surface area (Å²) in [6, 6.07) is 8.02. The van der Waals surface area contributed by atoms with Crippen LogP contribution in [0.2, 0.25) is 0 Å². The Labute approximate surface area is 206 Å². The predicted molar refractivity (Wildman–Crippen MR) is 127 cm³/mol. The molecule has 4 rings (SSSR count). The second-order valence-corrected chi connectivity index (χ2v) is 8.34. The van der Waals surface area contributed by atoms with Crippen molar-refractivity contribution in [3.05, 3.63) is 58.7 Å². The van der Waals surface area contributed by atoms with E-state index in [-0.39, 0.29) is 43.9 Å². The van der Waals surface area contributed by atoms with Gasteiger partial charge in [-0.25, -0.2) is 4.79 Å². The molecule has 0 aromatic heterocycles. The molecular weight excluding hydrogens is 472 g/mol. The predicted octanol–water partition coefficient (Wildman–Crippen LogP) is -2.76. The number of carbonyl (C=O) groups excluding carboxylic acids is 3. The van der Waals surface area contributed by atoms with Crippen molar-refractivity contribution in [2.75, 3.05) is 13.1 Å². The maximum absolute atomic E-state index is 12.5. The minimum Gasteiger partial charge on any atom is -0.480 e. The number of hydrogen-bond donors (Lipinski definition) is 6. The summed E-state index contributed by atoms with van der Waals surface area (Å²) in [6.45, 7) is 0.0648. The van der Waals surface area contributed by atoms with Crippen LogP contribution in [0.5, 0.6) is 0 Å². The minimum absolute atomic E-state index is 0.0644. The summed E-state index contributed by atoms with van der Waals surface area (Å²) >= 11 is 0. The number of benzene rings is 2. The Morgan fingerprint density at radius 2 is 1.42 bits per heavy atom. The average molecular weight is 495 g/mol. The van der Waals surface area contributed by atoms with Gasteiger partial charge in [0.2, 0.25) is 5.91 Å². The molecule has 36 heavy (non-hydrogen) atoms. The van der Waals surface area contributed by atoms with Crippen LogP contribution in [0.1, 0.15) is 38.3 Å². The van der Waals surface area contributed by atoms with Gasteiger partial charge in [0, 0.05) is 17.7 Å². The molecular formula is C22H23B2N3O9. The van der Waals surface area contributed by atoms with Gasteiger partial charge in [0.1, 0.15) is 6.04 Å². The van der Waals surface area contributed by atoms with Gasteiger partial charge in [-0.1, -0.05) is 12.1 Å². The number of rotatable bonds is 9. The first-order chi connectivity index (χ1) is 17.2. The zero-order valence-corrected chi connectivity index (χ0v) is 19.0. The van der Waals surface area contributed by atoms with E-state index in [2.05, 4.69) is 16.0 Å². The fourth-order valence-corrected chi connectivity index (χ4v) is 3.89. The third-order valence-corrected chi connectivity index (χ3v) is 5.91. The van der Waals surface area contributed by atoms with Crippen LogP contribution in [-0.4, -0.2) is 72.2 Å². The van der Waals surface area contributed by atoms with Crippen LogP contribution in [0.3, 0.4) is 0 Å². The van der Waals surface area contributed by atoms with Gasteiger partial charge in [-0.15, -0.1) is 0 Å². The zero-order valence-electron chi connectivity index (χ0n) is 19.0. The highest BCUT2D eigenvalue weighted by atomic mass is 16.5. The Balaban J connectivity index is 1.23. The van der Waals surface area contributed by atoms with E-state index in [0.717, 1.165) is 11.1 Å². The molecule has 2 aromatic carbocycles. The molecule has 0 saturated heterocycles. The Morgan fingerprint density at radius 1 is 0.861 bits per heavy atom. The summed E-state index contributed by atoms with van der Waals surface area (Å²) < 4.78 is 10.2. The fraction of sp³-hybridized carbons (Fsp3) is 0.273. The Morgan fingerprint density at radius 3 is 1.97 bits per heavy atom. The normalized spacial score (nSPS) is 14.6. The van der Waals surface area contributed by atoms with Crippen molar-refractivity contribution >= 4 is 48.9 Å². The number of carboxylic acids is 1. The molecule has 1 atom stereocenters. The number of fused-ring (bicyclic) bond motifs is 2. The number of hydrogen-bond acceptors (Lipinski definition) is 8. The van der Waals surface area contributed by atoms with E-state index in [1.54, 1.807) is 18.2 Å². The largest absolute Gasteiger partial charge is 0.491 e. The highest BCUT2D eigenvalue weighted by molar-refractivity contribution is 6.62. The molecule has 12 nitrogen and oxygen atoms in total. The maximum atomic E-state index is 12.5. The van der Waals surface area contributed by atoms with E-state index in [4.69, 9.17) is 9.31 Å². The topological polar surface area (TPSA) is 184 Å². The third-order valence-electron chi connectivity index (χ3n) is 5.91. The van der Waals surface area contributed by atoms with Crippen LogP contribution in [0.15, 0.2) is 36.4 Å². The van der Waals surface area contributed by atoms with Crippen molar-refractivity contribution in [2.24, 2.45) is 0 Å². The SMILES string of the molecule is O=C(CNC(=O)c1ccc2c(c1)B(O)OC2)NCC[C@H](NC(=O)c1ccc2c(c1)B(O)OC2)C(=O)O. The van der Waals surface area contributed by atoms with E-state index in [0.29, 0.717) is 10.9 Å². The summed E-state index contributed by atoms with van der Waals surface area (Å²) in [6.07, 6.45) is -0.0971. The minimum atomic E-state index is -1.28. The number of carboxylic acid groups (broad SMARTS) is 1. The molecule has 0 radical (unpaired) electrons. The Bertz CT molecular complexity index is 1210. The molecule has 0 unspecified atom stereocenters. The number of carbonyl (C=O) groups is 4. The van der Waals surface area contributed by atoms with E-state index in [9.17, 15) is 34.3 Å². The van der Waals surface area contributed by atoms with Crippen molar-refractivity contribution in [1.29, 1.82) is 0 Å². The number of amides is 3. The highest BCUT2D eigenvalue weighted by Crippen LogP contribution is 2.12. The summed E-state index contributed by atoms with van der Waals surface area (Å²) in [7, 11) is -2.23. The molecule has 2 aliphatic rings. The van der Waals surface area contributed by atoms with Gasteiger partial charge in [-0.2, -0.15) is 0 Å². The van der Waals surface area contributed by atoms with Crippen molar-refractivity contribution in [2.45, 2.75) is 25.7 Å². The van der Waals surface area contributed by atoms with Crippen molar-refractivity contribution < 1.29 is 43.6 Å². The van der Waals surface area contributed by atoms with Crippen LogP contribution >= 0.6 is 0 Å². The molecule has 0 spiro atoms. The van der Waals surface area contributed by atoms with Crippen LogP contribution in [0.4, 0.5) is 0 Å². The molecule has 186 valence electrons. The van der Waals surface area contributed by atoms with Gasteiger partial charge in [0.15, 0.2) is 0 Å². The first-order valence-corrected chi connectivity index (χ1v) is 11.2. The average Bonchev–Trinajstić information content (AvgIpc) is 3.43. The molecule has 0 saturated carbocycles. The van der Waals surface area contributed by atoms with E-state index in [1.807, 2.05) is 0 Å². The molecule has 0 aliphatic carbocycles. The fourth-order valence-electron chi connectivity index (χ4n) is 3.89. The van der Waals surface area contributed by atoms with Gasteiger partial charge in [0.05, 0.1) is 19.8 Å². The molecule has 6 N–H and O–H groups in total. The van der Waals surface area contributed by atoms with E-state index >= 15 is 0 Å². The molecule has 0 fully saturated rings. The number of aliphatic carboxylic acids is 1. The van der Waals surface area contributed by atoms with Crippen LogP contribution in [0.25, 0.3) is 0 Å². The third kappa shape index (κ3) is 5.74. The van der Waals surface area contributed by atoms with Gasteiger partial charge >= 0.3 is 20.2 Å². The molecule has 2 aliphatic heterocycles. The molecule has 0 bridgehead atoms. The smallest absolute Gasteiger partial charge is 0.480 e. The Kier molecular flexibility index (Phi) is 7.69. The second kappa shape index (κ2) is 10.9. The summed E-state index contributed by atoms with van der Waals surface area (Å²) in [5.41, 5.74) is 2.89. The standard InChI is InChI=1S/C22H23B2N3O9/c28-19(9-26-20(29)12-1-3-14-10-35-23(33)16(14)7-12)25-6-5-18(22(31)32)27-21(30)13-2-4-15-11-36-24(34)17(15)8-13/h1-4,7-8,18,33-34H,5-6,9-11H2,(H,25,28)(H,26,29)(H,27,30)(H,31,32)/t18-/m0/s1. The van der Waals surface area contributed by atoms with Gasteiger partial charge in [0.25, 0.3) is 11.8 Å². The summed E-state index contributed by atoms with van der Waals surface area (Å²) in [4.78, 5) is 48.5. The lowest BCUT2D eigenvalue weighted by Gasteiger charge is -2.15. The van der Waals surface area contributed by atoms with Gasteiger partial charge in [-0.05, 0) is 52.7 Å². The first kappa shape index (κ1) is 25.4. The van der Waals surface area contributed by atoms with E-state index < -0.39 is 44.0 Å². The lowest BCUT2D eigenvalue weighted by Crippen LogP contribution is -2.44. The van der Waals surface area contributed by atoms with Crippen LogP contribution < -0.4 is 26.9 Å². The van der Waals surface area contributed by atoms with Crippen molar-refractivity contribution in [1.82, 2.24) is 16.0 Å². The zero-order chi connectivity index (χ0) is 25.8. The quantitative estimate of drug-likeness (QED) is 0.201. The molecule has 14 heteroatoms. The van der Waals surface area contributed by atoms with Crippen molar-refractivity contribution in [3.8, 4) is 0 Å². The van der Waals surface area contributed by atoms with Gasteiger partial charge in [-0.3, -0.25) is 14.4 Å². The number of nitrogens with one attached hydrogen (secondary N) is 3. The van der Waals surface area contributed by atoms with Crippen molar-refractivity contribution in [3.63, 3.8) is 0 Å². The molecule has 2 heterocycles. The van der Waals surface area contributed by atoms with Gasteiger partial charge < -0.3 is 40.4 Å². The lowest BCUT2D eigenvalue weighted by molar-refractivity contribution is -0.139. The molecule has 2 aromatic rings. The molecule has 3 amide bonds. The maximum Gasteiger partial charge on any atom is 0.491 e. The highest BCUT2D eigenvalue weighted by Gasteiger charge is 2.29. The second-order valence-electron chi connectivity index (χ2n) is 8.34.